The molecule has 0 radical (unpaired) electrons. The normalized spacial score (nSPS) is 20.9. The number of nitrogens with zero attached hydrogens (tertiary/aromatic N) is 4. The van der Waals surface area contributed by atoms with Crippen molar-refractivity contribution in [3.05, 3.63) is 11.7 Å². The van der Waals surface area contributed by atoms with E-state index in [0.717, 1.165) is 14.0 Å². The van der Waals surface area contributed by atoms with Crippen LogP contribution in [0.5, 0.6) is 0 Å². The highest BCUT2D eigenvalue weighted by atomic mass is 19.4. The maximum atomic E-state index is 14.3. The molecule has 1 aromatic heterocycles. The van der Waals surface area contributed by atoms with Crippen LogP contribution in [0.25, 0.3) is 5.57 Å². The van der Waals surface area contributed by atoms with E-state index in [-0.39, 0.29) is 0 Å². The first kappa shape index (κ1) is 24.0. The van der Waals surface area contributed by atoms with Gasteiger partial charge in [-0.2, -0.15) is 41.3 Å². The summed E-state index contributed by atoms with van der Waals surface area (Å²) in [4.78, 5) is 11.0. The van der Waals surface area contributed by atoms with Crippen LogP contribution in [-0.4, -0.2) is 64.1 Å². The van der Waals surface area contributed by atoms with Gasteiger partial charge in [-0.3, -0.25) is 0 Å². The maximum absolute atomic E-state index is 14.3. The number of hydrogen-bond acceptors (Lipinski definition) is 6. The molecule has 1 aliphatic rings. The third-order valence-corrected chi connectivity index (χ3v) is 4.35. The van der Waals surface area contributed by atoms with E-state index in [9.17, 15) is 44.6 Å². The van der Waals surface area contributed by atoms with E-state index < -0.39 is 78.9 Å². The topological polar surface area (TPSA) is 74.2 Å². The average molecular weight is 453 g/mol. The van der Waals surface area contributed by atoms with Gasteiger partial charge in [-0.05, 0) is 13.3 Å². The van der Waals surface area contributed by atoms with Crippen LogP contribution in [0.1, 0.15) is 25.6 Å². The van der Waals surface area contributed by atoms with Crippen molar-refractivity contribution in [3.8, 4) is 0 Å². The highest BCUT2D eigenvalue weighted by Crippen LogP contribution is 2.41. The predicted octanol–water partition coefficient (Wildman–Crippen LogP) is 3.70. The second-order valence-corrected chi connectivity index (χ2v) is 6.57. The molecule has 0 spiro atoms. The molecule has 0 saturated heterocycles. The zero-order valence-corrected chi connectivity index (χ0v) is 15.4. The lowest BCUT2D eigenvalue weighted by Gasteiger charge is -2.29. The lowest BCUT2D eigenvalue weighted by molar-refractivity contribution is -0.144. The Labute approximate surface area is 163 Å². The quantitative estimate of drug-likeness (QED) is 0.663. The summed E-state index contributed by atoms with van der Waals surface area (Å²) in [5.41, 5.74) is -0.666. The smallest absolute Gasteiger partial charge is 0.380 e. The van der Waals surface area contributed by atoms with Crippen molar-refractivity contribution in [2.45, 2.75) is 50.2 Å². The summed E-state index contributed by atoms with van der Waals surface area (Å²) in [7, 11) is 0.888. The Morgan fingerprint density at radius 2 is 1.77 bits per heavy atom. The van der Waals surface area contributed by atoms with E-state index in [0.29, 0.717) is 4.90 Å². The number of aliphatic hydroxyl groups is 1. The molecule has 1 heterocycles. The summed E-state index contributed by atoms with van der Waals surface area (Å²) >= 11 is 0. The molecule has 2 atom stereocenters. The minimum absolute atomic E-state index is 0.455. The van der Waals surface area contributed by atoms with Gasteiger partial charge >= 0.3 is 12.4 Å². The number of anilines is 2. The molecule has 0 unspecified atom stereocenters. The first-order valence-electron chi connectivity index (χ1n) is 8.34. The van der Waals surface area contributed by atoms with Crippen molar-refractivity contribution >= 4 is 17.5 Å². The molecule has 15 heteroatoms. The number of alkyl halides is 8. The molecule has 2 rings (SSSR count). The number of allylic oxidation sites excluding steroid dienone is 1. The number of rotatable bonds is 5. The summed E-state index contributed by atoms with van der Waals surface area (Å²) < 4.78 is 118. The van der Waals surface area contributed by atoms with E-state index in [1.165, 1.54) is 0 Å². The Balaban J connectivity index is 2.53. The van der Waals surface area contributed by atoms with Gasteiger partial charge in [0.05, 0.1) is 0 Å². The van der Waals surface area contributed by atoms with Crippen molar-refractivity contribution in [2.75, 3.05) is 23.8 Å². The summed E-state index contributed by atoms with van der Waals surface area (Å²) in [5, 5.41) is 11.1. The summed E-state index contributed by atoms with van der Waals surface area (Å²) in [6.45, 7) is -0.951. The first-order valence-corrected chi connectivity index (χ1v) is 8.34. The van der Waals surface area contributed by atoms with Gasteiger partial charge in [-0.15, -0.1) is 0 Å². The van der Waals surface area contributed by atoms with Gasteiger partial charge in [0.15, 0.2) is 11.9 Å². The molecule has 6 nitrogen and oxygen atoms in total. The van der Waals surface area contributed by atoms with Gasteiger partial charge < -0.3 is 15.3 Å². The van der Waals surface area contributed by atoms with Crippen molar-refractivity contribution in [3.63, 3.8) is 0 Å². The van der Waals surface area contributed by atoms with Crippen molar-refractivity contribution in [1.82, 2.24) is 15.0 Å². The first-order chi connectivity index (χ1) is 13.5. The molecule has 0 amide bonds. The van der Waals surface area contributed by atoms with Crippen molar-refractivity contribution in [2.24, 2.45) is 0 Å². The van der Waals surface area contributed by atoms with Crippen LogP contribution in [0.2, 0.25) is 0 Å². The number of nitrogens with one attached hydrogen (secondary N) is 1. The highest BCUT2D eigenvalue weighted by molar-refractivity contribution is 5.66. The lowest BCUT2D eigenvalue weighted by Crippen LogP contribution is -2.42. The number of hydrogen-bond donors (Lipinski definition) is 2. The molecule has 0 bridgehead atoms. The molecule has 30 heavy (non-hydrogen) atoms. The minimum atomic E-state index is -4.77. The lowest BCUT2D eigenvalue weighted by atomic mass is 9.92. The monoisotopic (exact) mass is 453 g/mol. The molecule has 170 valence electrons. The zero-order chi connectivity index (χ0) is 23.1. The Kier molecular flexibility index (Phi) is 6.45. The molecule has 0 aromatic carbocycles. The molecular weight excluding hydrogens is 437 g/mol. The SMILES string of the molecule is C[C@@H](N(C)c1nc(NCC(F)(F)F)nc(C2=C(F)[C@H](O)C(F)(F)CC2)n1)C(F)(F)F. The Bertz CT molecular complexity index is 809. The molecule has 1 aliphatic carbocycles. The van der Waals surface area contributed by atoms with Crippen LogP contribution in [0.4, 0.5) is 51.4 Å². The van der Waals surface area contributed by atoms with Crippen LogP contribution in [-0.2, 0) is 0 Å². The fraction of sp³-hybridized carbons (Fsp3) is 0.667. The van der Waals surface area contributed by atoms with E-state index in [4.69, 9.17) is 0 Å². The average Bonchev–Trinajstić information content (AvgIpc) is 2.62. The molecule has 0 fully saturated rings. The Morgan fingerprint density at radius 3 is 2.30 bits per heavy atom. The van der Waals surface area contributed by atoms with Crippen LogP contribution in [0.15, 0.2) is 5.83 Å². The van der Waals surface area contributed by atoms with Gasteiger partial charge in [0, 0.05) is 19.0 Å². The summed E-state index contributed by atoms with van der Waals surface area (Å²) in [6, 6.07) is -2.19. The number of aromatic nitrogens is 3. The molecule has 2 N–H and O–H groups in total. The standard InChI is InChI=1S/C15H16F9N5O/c1-6(15(22,23)24)29(2)12-27-10(26-11(28-12)25-5-14(19,20)21)7-3-4-13(17,18)9(30)8(7)16/h6,9,30H,3-5H2,1-2H3,(H,25,26,27,28)/t6-,9+/m1/s1. The van der Waals surface area contributed by atoms with Gasteiger partial charge in [0.1, 0.15) is 18.4 Å². The Morgan fingerprint density at radius 1 is 1.17 bits per heavy atom. The minimum Gasteiger partial charge on any atom is -0.380 e. The third kappa shape index (κ3) is 5.43. The van der Waals surface area contributed by atoms with Crippen molar-refractivity contribution < 1.29 is 44.6 Å². The van der Waals surface area contributed by atoms with E-state index in [1.807, 2.05) is 0 Å². The summed E-state index contributed by atoms with van der Waals surface area (Å²) in [5.74, 6) is -7.92. The molecule has 0 saturated carbocycles. The van der Waals surface area contributed by atoms with Crippen LogP contribution >= 0.6 is 0 Å². The third-order valence-electron chi connectivity index (χ3n) is 4.35. The Hall–Kier alpha value is -2.32. The van der Waals surface area contributed by atoms with E-state index in [2.05, 4.69) is 15.0 Å². The molecular formula is C15H16F9N5O. The summed E-state index contributed by atoms with van der Waals surface area (Å²) in [6.07, 6.45) is -14.1. The van der Waals surface area contributed by atoms with Gasteiger partial charge in [0.25, 0.3) is 5.92 Å². The van der Waals surface area contributed by atoms with E-state index in [1.54, 1.807) is 5.32 Å². The van der Waals surface area contributed by atoms with Gasteiger partial charge in [-0.25, -0.2) is 13.2 Å². The van der Waals surface area contributed by atoms with Crippen LogP contribution in [0.3, 0.4) is 0 Å². The largest absolute Gasteiger partial charge is 0.408 e. The fourth-order valence-corrected chi connectivity index (χ4v) is 2.43. The van der Waals surface area contributed by atoms with E-state index >= 15 is 0 Å². The zero-order valence-electron chi connectivity index (χ0n) is 15.4. The second kappa shape index (κ2) is 8.07. The number of aliphatic hydroxyl groups excluding tert-OH is 1. The van der Waals surface area contributed by atoms with Gasteiger partial charge in [-0.1, -0.05) is 0 Å². The van der Waals surface area contributed by atoms with Crippen LogP contribution < -0.4 is 10.2 Å². The highest BCUT2D eigenvalue weighted by Gasteiger charge is 2.46. The fourth-order valence-electron chi connectivity index (χ4n) is 2.43. The predicted molar refractivity (Wildman–Crippen MR) is 86.5 cm³/mol. The maximum Gasteiger partial charge on any atom is 0.408 e. The molecule has 0 aliphatic heterocycles. The van der Waals surface area contributed by atoms with Crippen LogP contribution in [0, 0.1) is 0 Å². The van der Waals surface area contributed by atoms with Crippen molar-refractivity contribution in [1.29, 1.82) is 0 Å². The molecule has 1 aromatic rings. The van der Waals surface area contributed by atoms with Gasteiger partial charge in [0.2, 0.25) is 11.9 Å². The number of halogens is 9. The second-order valence-electron chi connectivity index (χ2n) is 6.57.